The molecule has 122 valence electrons. The molecule has 1 aliphatic rings. The van der Waals surface area contributed by atoms with Crippen LogP contribution in [0.15, 0.2) is 0 Å². The average molecular weight is 298 g/mol. The van der Waals surface area contributed by atoms with Crippen LogP contribution in [0, 0.1) is 5.41 Å². The molecule has 0 spiro atoms. The van der Waals surface area contributed by atoms with Crippen LogP contribution in [0.1, 0.15) is 66.2 Å². The van der Waals surface area contributed by atoms with Gasteiger partial charge in [0.1, 0.15) is 5.54 Å². The van der Waals surface area contributed by atoms with Crippen molar-refractivity contribution in [2.75, 3.05) is 13.1 Å². The number of likely N-dealkylation sites (tertiary alicyclic amines) is 1. The van der Waals surface area contributed by atoms with Crippen molar-refractivity contribution < 1.29 is 14.7 Å². The van der Waals surface area contributed by atoms with Crippen LogP contribution in [0.3, 0.4) is 0 Å². The van der Waals surface area contributed by atoms with E-state index in [1.165, 1.54) is 0 Å². The summed E-state index contributed by atoms with van der Waals surface area (Å²) in [5.41, 5.74) is -0.780. The number of urea groups is 1. The van der Waals surface area contributed by atoms with E-state index in [4.69, 9.17) is 0 Å². The number of nitrogens with one attached hydrogen (secondary N) is 1. The molecule has 0 aromatic heterocycles. The predicted octanol–water partition coefficient (Wildman–Crippen LogP) is 3.24. The topological polar surface area (TPSA) is 69.6 Å². The summed E-state index contributed by atoms with van der Waals surface area (Å²) in [5, 5.41) is 12.1. The highest BCUT2D eigenvalue weighted by Crippen LogP contribution is 2.37. The van der Waals surface area contributed by atoms with Crippen LogP contribution in [-0.4, -0.2) is 40.6 Å². The number of carboxylic acids is 1. The summed E-state index contributed by atoms with van der Waals surface area (Å²) >= 11 is 0. The smallest absolute Gasteiger partial charge is 0.329 e. The Hall–Kier alpha value is -1.26. The van der Waals surface area contributed by atoms with Crippen molar-refractivity contribution in [1.82, 2.24) is 10.2 Å². The fraction of sp³-hybridized carbons (Fsp3) is 0.875. The molecular formula is C16H30N2O3. The van der Waals surface area contributed by atoms with Crippen molar-refractivity contribution in [1.29, 1.82) is 0 Å². The van der Waals surface area contributed by atoms with Crippen molar-refractivity contribution in [3.63, 3.8) is 0 Å². The second-order valence-electron chi connectivity index (χ2n) is 6.22. The Labute approximate surface area is 128 Å². The van der Waals surface area contributed by atoms with Gasteiger partial charge in [-0.05, 0) is 31.1 Å². The minimum Gasteiger partial charge on any atom is -0.480 e. The van der Waals surface area contributed by atoms with E-state index in [1.807, 2.05) is 0 Å². The van der Waals surface area contributed by atoms with Crippen molar-refractivity contribution >= 4 is 12.0 Å². The van der Waals surface area contributed by atoms with Gasteiger partial charge in [0.2, 0.25) is 0 Å². The van der Waals surface area contributed by atoms with Gasteiger partial charge in [-0.1, -0.05) is 40.5 Å². The number of carbonyl (C=O) groups is 2. The summed E-state index contributed by atoms with van der Waals surface area (Å²) in [6, 6.07) is -0.234. The van der Waals surface area contributed by atoms with Crippen LogP contribution in [-0.2, 0) is 4.79 Å². The highest BCUT2D eigenvalue weighted by atomic mass is 16.4. The minimum absolute atomic E-state index is 0.234. The summed E-state index contributed by atoms with van der Waals surface area (Å²) in [7, 11) is 0. The van der Waals surface area contributed by atoms with Gasteiger partial charge >= 0.3 is 12.0 Å². The molecule has 0 aliphatic carbocycles. The molecule has 5 heteroatoms. The quantitative estimate of drug-likeness (QED) is 0.791. The Kier molecular flexibility index (Phi) is 6.05. The molecule has 0 aromatic rings. The molecule has 2 N–H and O–H groups in total. The lowest BCUT2D eigenvalue weighted by Gasteiger charge is -2.42. The van der Waals surface area contributed by atoms with Gasteiger partial charge in [-0.3, -0.25) is 0 Å². The fourth-order valence-electron chi connectivity index (χ4n) is 3.21. The largest absolute Gasteiger partial charge is 0.480 e. The molecule has 1 aliphatic heterocycles. The van der Waals surface area contributed by atoms with Gasteiger partial charge in [-0.25, -0.2) is 9.59 Å². The monoisotopic (exact) mass is 298 g/mol. The maximum atomic E-state index is 12.4. The van der Waals surface area contributed by atoms with E-state index in [1.54, 1.807) is 18.7 Å². The molecule has 0 bridgehead atoms. The molecule has 2 amide bonds. The van der Waals surface area contributed by atoms with Gasteiger partial charge in [0.15, 0.2) is 0 Å². The molecule has 1 heterocycles. The Morgan fingerprint density at radius 2 is 1.57 bits per heavy atom. The first-order valence-corrected chi connectivity index (χ1v) is 8.19. The van der Waals surface area contributed by atoms with Crippen LogP contribution in [0.2, 0.25) is 0 Å². The second-order valence-corrected chi connectivity index (χ2v) is 6.22. The maximum Gasteiger partial charge on any atom is 0.329 e. The third-order valence-corrected chi connectivity index (χ3v) is 5.57. The van der Waals surface area contributed by atoms with Crippen LogP contribution in [0.25, 0.3) is 0 Å². The number of hydrogen-bond donors (Lipinski definition) is 2. The Balaban J connectivity index is 2.68. The standard InChI is InChI=1S/C16H30N2O3/c1-5-15(6-2)9-11-18(12-10-15)14(21)17-16(7-3,8-4)13(19)20/h5-12H2,1-4H3,(H,17,21)(H,19,20). The van der Waals surface area contributed by atoms with Gasteiger partial charge in [0, 0.05) is 13.1 Å². The van der Waals surface area contributed by atoms with E-state index in [0.29, 0.717) is 18.3 Å². The summed E-state index contributed by atoms with van der Waals surface area (Å²) in [5.74, 6) is -0.950. The summed E-state index contributed by atoms with van der Waals surface area (Å²) in [6.45, 7) is 9.46. The van der Waals surface area contributed by atoms with E-state index < -0.39 is 11.5 Å². The first kappa shape index (κ1) is 17.8. The number of carbonyl (C=O) groups excluding carboxylic acids is 1. The number of hydrogen-bond acceptors (Lipinski definition) is 2. The maximum absolute atomic E-state index is 12.4. The third kappa shape index (κ3) is 3.69. The molecule has 0 aromatic carbocycles. The summed E-state index contributed by atoms with van der Waals surface area (Å²) in [4.78, 5) is 25.6. The van der Waals surface area contributed by atoms with Gasteiger partial charge in [0.25, 0.3) is 0 Å². The van der Waals surface area contributed by atoms with Crippen LogP contribution >= 0.6 is 0 Å². The van der Waals surface area contributed by atoms with Crippen LogP contribution < -0.4 is 5.32 Å². The average Bonchev–Trinajstić information content (AvgIpc) is 2.52. The van der Waals surface area contributed by atoms with Crippen LogP contribution in [0.5, 0.6) is 0 Å². The van der Waals surface area contributed by atoms with Crippen molar-refractivity contribution in [2.24, 2.45) is 5.41 Å². The zero-order valence-electron chi connectivity index (χ0n) is 13.9. The highest BCUT2D eigenvalue weighted by molar-refractivity contribution is 5.86. The van der Waals surface area contributed by atoms with Gasteiger partial charge < -0.3 is 15.3 Å². The number of aliphatic carboxylic acids is 1. The minimum atomic E-state index is -1.14. The Morgan fingerprint density at radius 1 is 1.10 bits per heavy atom. The summed E-state index contributed by atoms with van der Waals surface area (Å²) in [6.07, 6.45) is 5.08. The van der Waals surface area contributed by atoms with Crippen molar-refractivity contribution in [3.05, 3.63) is 0 Å². The molecule has 0 unspecified atom stereocenters. The Bertz CT molecular complexity index is 364. The van der Waals surface area contributed by atoms with E-state index in [-0.39, 0.29) is 6.03 Å². The fourth-order valence-corrected chi connectivity index (χ4v) is 3.21. The summed E-state index contributed by atoms with van der Waals surface area (Å²) < 4.78 is 0. The SMILES string of the molecule is CCC1(CC)CCN(C(=O)NC(CC)(CC)C(=O)O)CC1. The number of nitrogens with zero attached hydrogens (tertiary/aromatic N) is 1. The lowest BCUT2D eigenvalue weighted by Crippen LogP contribution is -2.58. The zero-order chi connectivity index (χ0) is 16.1. The normalized spacial score (nSPS) is 18.4. The third-order valence-electron chi connectivity index (χ3n) is 5.57. The number of piperidine rings is 1. The van der Waals surface area contributed by atoms with E-state index in [2.05, 4.69) is 19.2 Å². The van der Waals surface area contributed by atoms with Gasteiger partial charge in [0.05, 0.1) is 0 Å². The second kappa shape index (κ2) is 7.14. The van der Waals surface area contributed by atoms with E-state index in [9.17, 15) is 14.7 Å². The Morgan fingerprint density at radius 3 is 1.90 bits per heavy atom. The van der Waals surface area contributed by atoms with Crippen LogP contribution in [0.4, 0.5) is 4.79 Å². The molecule has 0 radical (unpaired) electrons. The predicted molar refractivity (Wildman–Crippen MR) is 83.3 cm³/mol. The van der Waals surface area contributed by atoms with Crippen molar-refractivity contribution in [2.45, 2.75) is 71.8 Å². The molecule has 1 saturated heterocycles. The van der Waals surface area contributed by atoms with E-state index >= 15 is 0 Å². The lowest BCUT2D eigenvalue weighted by molar-refractivity contribution is -0.144. The molecule has 1 rings (SSSR count). The molecule has 0 atom stereocenters. The van der Waals surface area contributed by atoms with Crippen molar-refractivity contribution in [3.8, 4) is 0 Å². The number of amides is 2. The molecule has 5 nitrogen and oxygen atoms in total. The van der Waals surface area contributed by atoms with Gasteiger partial charge in [-0.2, -0.15) is 0 Å². The first-order chi connectivity index (χ1) is 9.88. The number of carboxylic acid groups (broad SMARTS) is 1. The molecule has 1 fully saturated rings. The number of rotatable bonds is 6. The molecular weight excluding hydrogens is 268 g/mol. The van der Waals surface area contributed by atoms with E-state index in [0.717, 1.165) is 38.8 Å². The first-order valence-electron chi connectivity index (χ1n) is 8.19. The molecule has 0 saturated carbocycles. The zero-order valence-corrected chi connectivity index (χ0v) is 13.9. The molecule has 21 heavy (non-hydrogen) atoms. The highest BCUT2D eigenvalue weighted by Gasteiger charge is 2.39. The lowest BCUT2D eigenvalue weighted by atomic mass is 9.74. The van der Waals surface area contributed by atoms with Gasteiger partial charge in [-0.15, -0.1) is 0 Å².